The van der Waals surface area contributed by atoms with Crippen LogP contribution in [0.2, 0.25) is 0 Å². The molecule has 0 aromatic carbocycles. The molecule has 0 rings (SSSR count). The van der Waals surface area contributed by atoms with Gasteiger partial charge in [-0.2, -0.15) is 0 Å². The Hall–Kier alpha value is -1.77. The minimum atomic E-state index is -0.954. The summed E-state index contributed by atoms with van der Waals surface area (Å²) in [5, 5.41) is 8.78. The Balaban J connectivity index is 3.71. The van der Waals surface area contributed by atoms with Crippen molar-refractivity contribution in [2.24, 2.45) is 15.9 Å². The van der Waals surface area contributed by atoms with Crippen LogP contribution >= 0.6 is 0 Å². The van der Waals surface area contributed by atoms with E-state index < -0.39 is 11.9 Å². The molecule has 0 spiro atoms. The van der Waals surface area contributed by atoms with Crippen LogP contribution in [-0.4, -0.2) is 36.3 Å². The number of isocyanates is 2. The van der Waals surface area contributed by atoms with E-state index in [1.165, 1.54) is 12.2 Å². The first kappa shape index (κ1) is 14.2. The normalized spacial score (nSPS) is 11.0. The Morgan fingerprint density at radius 2 is 1.81 bits per heavy atom. The minimum absolute atomic E-state index is 0.0225. The molecule has 0 saturated carbocycles. The Morgan fingerprint density at radius 1 is 1.12 bits per heavy atom. The second kappa shape index (κ2) is 9.77. The molecular formula is C10H14N2O4. The largest absolute Gasteiger partial charge is 0.481 e. The van der Waals surface area contributed by atoms with Gasteiger partial charge >= 0.3 is 5.97 Å². The van der Waals surface area contributed by atoms with E-state index in [4.69, 9.17) is 5.11 Å². The first-order valence-corrected chi connectivity index (χ1v) is 5.02. The van der Waals surface area contributed by atoms with Gasteiger partial charge in [-0.15, -0.1) is 0 Å². The van der Waals surface area contributed by atoms with Gasteiger partial charge in [0.25, 0.3) is 0 Å². The lowest BCUT2D eigenvalue weighted by molar-refractivity contribution is -0.141. The lowest BCUT2D eigenvalue weighted by Crippen LogP contribution is -2.16. The van der Waals surface area contributed by atoms with Gasteiger partial charge in [-0.3, -0.25) is 4.79 Å². The van der Waals surface area contributed by atoms with Crippen molar-refractivity contribution in [2.75, 3.05) is 13.1 Å². The van der Waals surface area contributed by atoms with Gasteiger partial charge in [-0.25, -0.2) is 19.6 Å². The second-order valence-electron chi connectivity index (χ2n) is 3.29. The smallest absolute Gasteiger partial charge is 0.308 e. The van der Waals surface area contributed by atoms with Gasteiger partial charge in [-0.1, -0.05) is 12.8 Å². The van der Waals surface area contributed by atoms with Crippen molar-refractivity contribution >= 4 is 18.1 Å². The highest BCUT2D eigenvalue weighted by Crippen LogP contribution is 2.10. The lowest BCUT2D eigenvalue weighted by atomic mass is 10.0. The number of aliphatic imine (C=N–C) groups is 2. The number of carbonyl (C=O) groups is 1. The Bertz CT molecular complexity index is 304. The van der Waals surface area contributed by atoms with Crippen LogP contribution < -0.4 is 0 Å². The van der Waals surface area contributed by atoms with Crippen molar-refractivity contribution in [2.45, 2.75) is 25.7 Å². The van der Waals surface area contributed by atoms with Gasteiger partial charge in [0.2, 0.25) is 12.2 Å². The molecule has 0 aliphatic carbocycles. The fourth-order valence-electron chi connectivity index (χ4n) is 1.24. The van der Waals surface area contributed by atoms with Gasteiger partial charge in [0.1, 0.15) is 0 Å². The van der Waals surface area contributed by atoms with Crippen molar-refractivity contribution in [1.82, 2.24) is 0 Å². The third-order valence-corrected chi connectivity index (χ3v) is 2.11. The number of carboxylic acids is 1. The Kier molecular flexibility index (Phi) is 8.69. The first-order valence-electron chi connectivity index (χ1n) is 5.02. The number of carboxylic acid groups (broad SMARTS) is 1. The molecule has 0 aliphatic heterocycles. The summed E-state index contributed by atoms with van der Waals surface area (Å²) in [6, 6.07) is 0. The number of unbranched alkanes of at least 4 members (excludes halogenated alkanes) is 2. The summed E-state index contributed by atoms with van der Waals surface area (Å²) in [6.45, 7) is 0.402. The summed E-state index contributed by atoms with van der Waals surface area (Å²) in [7, 11) is 0. The summed E-state index contributed by atoms with van der Waals surface area (Å²) in [6.07, 6.45) is 5.46. The molecule has 0 aliphatic rings. The van der Waals surface area contributed by atoms with E-state index >= 15 is 0 Å². The zero-order valence-corrected chi connectivity index (χ0v) is 8.89. The first-order chi connectivity index (χ1) is 7.72. The fraction of sp³-hybridized carbons (Fsp3) is 0.700. The molecule has 0 bridgehead atoms. The molecule has 0 fully saturated rings. The molecule has 1 atom stereocenters. The topological polar surface area (TPSA) is 96.2 Å². The molecule has 0 amide bonds. The minimum Gasteiger partial charge on any atom is -0.481 e. The standard InChI is InChI=1S/C10H14N2O4/c13-7-11-5-3-1-2-4-9(10(15)16)6-12-8-14/h9H,1-6H2,(H,15,16). The third kappa shape index (κ3) is 7.62. The highest BCUT2D eigenvalue weighted by Gasteiger charge is 2.15. The van der Waals surface area contributed by atoms with Crippen LogP contribution in [0.15, 0.2) is 9.98 Å². The zero-order chi connectivity index (χ0) is 12.2. The predicted molar refractivity (Wildman–Crippen MR) is 55.6 cm³/mol. The molecule has 6 nitrogen and oxygen atoms in total. The number of hydrogen-bond donors (Lipinski definition) is 1. The summed E-state index contributed by atoms with van der Waals surface area (Å²) < 4.78 is 0. The highest BCUT2D eigenvalue weighted by atomic mass is 16.4. The van der Waals surface area contributed by atoms with Crippen LogP contribution in [0.5, 0.6) is 0 Å². The van der Waals surface area contributed by atoms with Crippen molar-refractivity contribution < 1.29 is 19.5 Å². The maximum Gasteiger partial charge on any atom is 0.308 e. The van der Waals surface area contributed by atoms with Crippen LogP contribution in [0.1, 0.15) is 25.7 Å². The Labute approximate surface area is 93.1 Å². The van der Waals surface area contributed by atoms with E-state index in [2.05, 4.69) is 9.98 Å². The number of nitrogens with zero attached hydrogens (tertiary/aromatic N) is 2. The summed E-state index contributed by atoms with van der Waals surface area (Å²) >= 11 is 0. The molecule has 16 heavy (non-hydrogen) atoms. The third-order valence-electron chi connectivity index (χ3n) is 2.11. The summed E-state index contributed by atoms with van der Waals surface area (Å²) in [5.74, 6) is -1.58. The molecule has 0 aromatic rings. The van der Waals surface area contributed by atoms with Gasteiger partial charge in [0, 0.05) is 0 Å². The molecule has 1 unspecified atom stereocenters. The second-order valence-corrected chi connectivity index (χ2v) is 3.29. The molecule has 0 aromatic heterocycles. The molecular weight excluding hydrogens is 212 g/mol. The fourth-order valence-corrected chi connectivity index (χ4v) is 1.24. The molecule has 1 N–H and O–H groups in total. The summed E-state index contributed by atoms with van der Waals surface area (Å²) in [4.78, 5) is 36.9. The average molecular weight is 226 g/mol. The highest BCUT2D eigenvalue weighted by molar-refractivity contribution is 5.70. The van der Waals surface area contributed by atoms with Crippen molar-refractivity contribution in [1.29, 1.82) is 0 Å². The van der Waals surface area contributed by atoms with Crippen molar-refractivity contribution in [3.8, 4) is 0 Å². The van der Waals surface area contributed by atoms with E-state index in [0.717, 1.165) is 12.8 Å². The number of carbonyl (C=O) groups excluding carboxylic acids is 2. The average Bonchev–Trinajstić information content (AvgIpc) is 2.26. The van der Waals surface area contributed by atoms with Crippen LogP contribution in [0.3, 0.4) is 0 Å². The van der Waals surface area contributed by atoms with Crippen LogP contribution in [0, 0.1) is 5.92 Å². The van der Waals surface area contributed by atoms with E-state index in [0.29, 0.717) is 19.4 Å². The lowest BCUT2D eigenvalue weighted by Gasteiger charge is -2.07. The maximum atomic E-state index is 10.7. The van der Waals surface area contributed by atoms with Gasteiger partial charge in [0.15, 0.2) is 0 Å². The zero-order valence-electron chi connectivity index (χ0n) is 8.89. The molecule has 0 saturated heterocycles. The maximum absolute atomic E-state index is 10.7. The quantitative estimate of drug-likeness (QED) is 0.359. The van der Waals surface area contributed by atoms with E-state index in [1.54, 1.807) is 0 Å². The van der Waals surface area contributed by atoms with Gasteiger partial charge < -0.3 is 5.11 Å². The molecule has 0 radical (unpaired) electrons. The number of rotatable bonds is 9. The van der Waals surface area contributed by atoms with Gasteiger partial charge in [-0.05, 0) is 12.8 Å². The van der Waals surface area contributed by atoms with Crippen LogP contribution in [-0.2, 0) is 14.4 Å². The van der Waals surface area contributed by atoms with Crippen LogP contribution in [0.4, 0.5) is 0 Å². The number of hydrogen-bond acceptors (Lipinski definition) is 5. The molecule has 6 heteroatoms. The SMILES string of the molecule is O=C=NCCCCCC(CN=C=O)C(=O)O. The summed E-state index contributed by atoms with van der Waals surface area (Å²) in [5.41, 5.74) is 0. The van der Waals surface area contributed by atoms with Gasteiger partial charge in [0.05, 0.1) is 19.0 Å². The Morgan fingerprint density at radius 3 is 2.38 bits per heavy atom. The van der Waals surface area contributed by atoms with Crippen molar-refractivity contribution in [3.63, 3.8) is 0 Å². The van der Waals surface area contributed by atoms with E-state index in [-0.39, 0.29) is 6.54 Å². The van der Waals surface area contributed by atoms with E-state index in [9.17, 15) is 14.4 Å². The van der Waals surface area contributed by atoms with Crippen LogP contribution in [0.25, 0.3) is 0 Å². The van der Waals surface area contributed by atoms with Crippen molar-refractivity contribution in [3.05, 3.63) is 0 Å². The monoisotopic (exact) mass is 226 g/mol. The molecule has 88 valence electrons. The van der Waals surface area contributed by atoms with E-state index in [1.807, 2.05) is 0 Å². The predicted octanol–water partition coefficient (Wildman–Crippen LogP) is 0.919. The molecule has 0 heterocycles. The number of aliphatic carboxylic acids is 1.